The minimum Gasteiger partial charge on any atom is -0.478 e. The van der Waals surface area contributed by atoms with Crippen molar-refractivity contribution in [3.05, 3.63) is 47.5 Å². The van der Waals surface area contributed by atoms with Gasteiger partial charge in [-0.05, 0) is 31.4 Å². The summed E-state index contributed by atoms with van der Waals surface area (Å²) < 4.78 is 0. The standard InChI is InChI=1S/C15H14O2/c16-15(17)14-8-4-7-13(11-14)10-9-12-5-2-1-3-6-12/h1-3,5-6,11,13H,4,7-8H2,(H,16,17)/t13-/m1/s1. The van der Waals surface area contributed by atoms with Gasteiger partial charge >= 0.3 is 5.97 Å². The van der Waals surface area contributed by atoms with Crippen molar-refractivity contribution in [1.82, 2.24) is 0 Å². The molecule has 2 nitrogen and oxygen atoms in total. The number of carboxylic acids is 1. The molecule has 1 atom stereocenters. The lowest BCUT2D eigenvalue weighted by molar-refractivity contribution is -0.132. The molecular weight excluding hydrogens is 212 g/mol. The molecule has 0 saturated carbocycles. The highest BCUT2D eigenvalue weighted by atomic mass is 16.4. The van der Waals surface area contributed by atoms with Crippen molar-refractivity contribution >= 4 is 5.97 Å². The fraction of sp³-hybridized carbons (Fsp3) is 0.267. The molecular formula is C15H14O2. The maximum absolute atomic E-state index is 10.9. The van der Waals surface area contributed by atoms with Crippen LogP contribution < -0.4 is 0 Å². The summed E-state index contributed by atoms with van der Waals surface area (Å²) >= 11 is 0. The van der Waals surface area contributed by atoms with E-state index in [-0.39, 0.29) is 5.92 Å². The van der Waals surface area contributed by atoms with E-state index in [0.29, 0.717) is 12.0 Å². The Hall–Kier alpha value is -2.01. The third-order valence-electron chi connectivity index (χ3n) is 2.81. The Bertz CT molecular complexity index is 489. The summed E-state index contributed by atoms with van der Waals surface area (Å²) in [6.07, 6.45) is 4.32. The maximum Gasteiger partial charge on any atom is 0.331 e. The van der Waals surface area contributed by atoms with Crippen LogP contribution in [-0.4, -0.2) is 11.1 Å². The number of rotatable bonds is 1. The molecule has 0 heterocycles. The van der Waals surface area contributed by atoms with Crippen molar-refractivity contribution in [1.29, 1.82) is 0 Å². The van der Waals surface area contributed by atoms with Crippen molar-refractivity contribution in [2.24, 2.45) is 5.92 Å². The van der Waals surface area contributed by atoms with E-state index in [1.165, 1.54) is 0 Å². The van der Waals surface area contributed by atoms with Crippen LogP contribution in [0.2, 0.25) is 0 Å². The van der Waals surface area contributed by atoms with E-state index in [2.05, 4.69) is 11.8 Å². The molecule has 2 heteroatoms. The van der Waals surface area contributed by atoms with Gasteiger partial charge in [-0.3, -0.25) is 0 Å². The van der Waals surface area contributed by atoms with E-state index >= 15 is 0 Å². The average molecular weight is 226 g/mol. The van der Waals surface area contributed by atoms with Crippen LogP contribution >= 0.6 is 0 Å². The molecule has 2 rings (SSSR count). The fourth-order valence-corrected chi connectivity index (χ4v) is 1.91. The Labute approximate surface area is 101 Å². The van der Waals surface area contributed by atoms with Gasteiger partial charge in [0.15, 0.2) is 0 Å². The Morgan fingerprint density at radius 3 is 2.76 bits per heavy atom. The lowest BCUT2D eigenvalue weighted by Gasteiger charge is -2.13. The van der Waals surface area contributed by atoms with E-state index in [0.717, 1.165) is 18.4 Å². The molecule has 0 radical (unpaired) electrons. The summed E-state index contributed by atoms with van der Waals surface area (Å²) in [4.78, 5) is 10.9. The lowest BCUT2D eigenvalue weighted by atomic mass is 9.91. The summed E-state index contributed by atoms with van der Waals surface area (Å²) in [7, 11) is 0. The number of hydrogen-bond acceptors (Lipinski definition) is 1. The summed E-state index contributed by atoms with van der Waals surface area (Å²) in [5, 5.41) is 8.92. The summed E-state index contributed by atoms with van der Waals surface area (Å²) in [6.45, 7) is 0. The van der Waals surface area contributed by atoms with Crippen molar-refractivity contribution < 1.29 is 9.90 Å². The zero-order valence-electron chi connectivity index (χ0n) is 9.52. The number of aliphatic carboxylic acids is 1. The second-order valence-electron chi connectivity index (χ2n) is 4.13. The minimum absolute atomic E-state index is 0.0788. The highest BCUT2D eigenvalue weighted by molar-refractivity contribution is 5.86. The number of carbonyl (C=O) groups is 1. The van der Waals surface area contributed by atoms with Gasteiger partial charge in [0, 0.05) is 17.1 Å². The van der Waals surface area contributed by atoms with Crippen LogP contribution in [0, 0.1) is 17.8 Å². The van der Waals surface area contributed by atoms with Gasteiger partial charge in [0.1, 0.15) is 0 Å². The highest BCUT2D eigenvalue weighted by Gasteiger charge is 2.15. The zero-order chi connectivity index (χ0) is 12.1. The highest BCUT2D eigenvalue weighted by Crippen LogP contribution is 2.22. The van der Waals surface area contributed by atoms with Crippen molar-refractivity contribution in [3.63, 3.8) is 0 Å². The van der Waals surface area contributed by atoms with Crippen LogP contribution in [0.4, 0.5) is 0 Å². The topological polar surface area (TPSA) is 37.3 Å². The van der Waals surface area contributed by atoms with Gasteiger partial charge in [-0.15, -0.1) is 0 Å². The van der Waals surface area contributed by atoms with Gasteiger partial charge < -0.3 is 5.11 Å². The van der Waals surface area contributed by atoms with Crippen LogP contribution in [0.15, 0.2) is 42.0 Å². The van der Waals surface area contributed by atoms with Crippen LogP contribution in [0.25, 0.3) is 0 Å². The van der Waals surface area contributed by atoms with Crippen molar-refractivity contribution in [2.75, 3.05) is 0 Å². The Balaban J connectivity index is 2.12. The van der Waals surface area contributed by atoms with E-state index in [1.807, 2.05) is 30.3 Å². The predicted molar refractivity (Wildman–Crippen MR) is 66.4 cm³/mol. The van der Waals surface area contributed by atoms with E-state index in [9.17, 15) is 4.79 Å². The first-order valence-electron chi connectivity index (χ1n) is 5.76. The molecule has 17 heavy (non-hydrogen) atoms. The monoisotopic (exact) mass is 226 g/mol. The predicted octanol–water partition coefficient (Wildman–Crippen LogP) is 2.85. The quantitative estimate of drug-likeness (QED) is 0.748. The van der Waals surface area contributed by atoms with Gasteiger partial charge in [-0.25, -0.2) is 4.79 Å². The maximum atomic E-state index is 10.9. The molecule has 1 aromatic rings. The molecule has 1 N–H and O–H groups in total. The number of allylic oxidation sites excluding steroid dienone is 1. The summed E-state index contributed by atoms with van der Waals surface area (Å²) in [5.41, 5.74) is 1.48. The molecule has 0 fully saturated rings. The van der Waals surface area contributed by atoms with Crippen molar-refractivity contribution in [2.45, 2.75) is 19.3 Å². The van der Waals surface area contributed by atoms with Crippen LogP contribution in [0.1, 0.15) is 24.8 Å². The molecule has 0 aliphatic heterocycles. The van der Waals surface area contributed by atoms with Gasteiger partial charge in [0.05, 0.1) is 0 Å². The summed E-state index contributed by atoms with van der Waals surface area (Å²) in [6, 6.07) is 9.76. The third kappa shape index (κ3) is 3.22. The van der Waals surface area contributed by atoms with E-state index < -0.39 is 5.97 Å². The molecule has 0 bridgehead atoms. The Morgan fingerprint density at radius 1 is 1.29 bits per heavy atom. The smallest absolute Gasteiger partial charge is 0.331 e. The second kappa shape index (κ2) is 5.36. The third-order valence-corrected chi connectivity index (χ3v) is 2.81. The molecule has 1 aromatic carbocycles. The average Bonchev–Trinajstić information content (AvgIpc) is 2.38. The van der Waals surface area contributed by atoms with Crippen molar-refractivity contribution in [3.8, 4) is 11.8 Å². The fourth-order valence-electron chi connectivity index (χ4n) is 1.91. The molecule has 0 amide bonds. The molecule has 0 saturated heterocycles. The number of hydrogen-bond donors (Lipinski definition) is 1. The number of carboxylic acid groups (broad SMARTS) is 1. The van der Waals surface area contributed by atoms with E-state index in [4.69, 9.17) is 5.11 Å². The molecule has 0 spiro atoms. The first-order valence-corrected chi connectivity index (χ1v) is 5.76. The van der Waals surface area contributed by atoms with Crippen LogP contribution in [-0.2, 0) is 4.79 Å². The molecule has 0 aromatic heterocycles. The first-order chi connectivity index (χ1) is 8.25. The second-order valence-corrected chi connectivity index (χ2v) is 4.13. The Kier molecular flexibility index (Phi) is 3.62. The molecule has 0 unspecified atom stereocenters. The van der Waals surface area contributed by atoms with Gasteiger partial charge in [0.25, 0.3) is 0 Å². The SMILES string of the molecule is O=C(O)C1=C[C@@H](C#Cc2ccccc2)CCC1. The van der Waals surface area contributed by atoms with Gasteiger partial charge in [-0.1, -0.05) is 36.1 Å². The first kappa shape index (κ1) is 11.5. The van der Waals surface area contributed by atoms with E-state index in [1.54, 1.807) is 6.08 Å². The summed E-state index contributed by atoms with van der Waals surface area (Å²) in [5.74, 6) is 5.49. The van der Waals surface area contributed by atoms with Gasteiger partial charge in [-0.2, -0.15) is 0 Å². The normalized spacial score (nSPS) is 18.8. The zero-order valence-corrected chi connectivity index (χ0v) is 9.52. The molecule has 86 valence electrons. The number of benzene rings is 1. The lowest BCUT2D eigenvalue weighted by Crippen LogP contribution is -2.09. The molecule has 1 aliphatic carbocycles. The minimum atomic E-state index is -0.809. The molecule has 1 aliphatic rings. The van der Waals surface area contributed by atoms with Crippen LogP contribution in [0.5, 0.6) is 0 Å². The largest absolute Gasteiger partial charge is 0.478 e. The van der Waals surface area contributed by atoms with Crippen LogP contribution in [0.3, 0.4) is 0 Å². The Morgan fingerprint density at radius 2 is 2.06 bits per heavy atom. The van der Waals surface area contributed by atoms with Gasteiger partial charge in [0.2, 0.25) is 0 Å².